The van der Waals surface area contributed by atoms with E-state index in [-0.39, 0.29) is 29.7 Å². The second-order valence-electron chi connectivity index (χ2n) is 5.79. The summed E-state index contributed by atoms with van der Waals surface area (Å²) in [5, 5.41) is 8.80. The molecule has 0 amide bonds. The fraction of sp³-hybridized carbons (Fsp3) is 0.278. The maximum absolute atomic E-state index is 14.3. The SMILES string of the molecule is CC1CN(c2c(F)cc(C#N)cc2F)CC(c2ccc(F)cc2)O1. The molecule has 6 heteroatoms. The smallest absolute Gasteiger partial charge is 0.150 e. The van der Waals surface area contributed by atoms with Crippen LogP contribution in [-0.2, 0) is 4.74 Å². The van der Waals surface area contributed by atoms with Gasteiger partial charge in [0.05, 0.1) is 17.7 Å². The Morgan fingerprint density at radius 3 is 2.29 bits per heavy atom. The molecule has 0 aliphatic carbocycles. The van der Waals surface area contributed by atoms with Crippen LogP contribution in [-0.4, -0.2) is 19.2 Å². The van der Waals surface area contributed by atoms with Gasteiger partial charge in [-0.25, -0.2) is 13.2 Å². The molecule has 1 saturated heterocycles. The van der Waals surface area contributed by atoms with Crippen molar-refractivity contribution in [2.45, 2.75) is 19.1 Å². The van der Waals surface area contributed by atoms with Crippen LogP contribution in [0.15, 0.2) is 36.4 Å². The van der Waals surface area contributed by atoms with Crippen molar-refractivity contribution in [3.8, 4) is 6.07 Å². The van der Waals surface area contributed by atoms with Gasteiger partial charge in [0.25, 0.3) is 0 Å². The molecule has 2 aromatic carbocycles. The standard InChI is InChI=1S/C18H15F3N2O/c1-11-9-23(18-15(20)6-12(8-22)7-16(18)21)10-17(24-11)13-2-4-14(19)5-3-13/h2-7,11,17H,9-10H2,1H3. The van der Waals surface area contributed by atoms with E-state index in [0.29, 0.717) is 6.54 Å². The molecule has 1 heterocycles. The Bertz CT molecular complexity index is 763. The van der Waals surface area contributed by atoms with Crippen molar-refractivity contribution in [1.82, 2.24) is 0 Å². The van der Waals surface area contributed by atoms with Crippen LogP contribution in [0, 0.1) is 28.8 Å². The molecule has 2 aromatic rings. The molecule has 0 saturated carbocycles. The monoisotopic (exact) mass is 332 g/mol. The zero-order valence-corrected chi connectivity index (χ0v) is 13.0. The fourth-order valence-corrected chi connectivity index (χ4v) is 2.93. The molecule has 1 fully saturated rings. The highest BCUT2D eigenvalue weighted by atomic mass is 19.1. The van der Waals surface area contributed by atoms with E-state index < -0.39 is 17.7 Å². The summed E-state index contributed by atoms with van der Waals surface area (Å²) >= 11 is 0. The van der Waals surface area contributed by atoms with Crippen LogP contribution in [0.4, 0.5) is 18.9 Å². The predicted molar refractivity (Wildman–Crippen MR) is 83.0 cm³/mol. The molecular weight excluding hydrogens is 317 g/mol. The summed E-state index contributed by atoms with van der Waals surface area (Å²) in [7, 11) is 0. The lowest BCUT2D eigenvalue weighted by molar-refractivity contribution is -0.0177. The molecular formula is C18H15F3N2O. The minimum atomic E-state index is -0.779. The van der Waals surface area contributed by atoms with Gasteiger partial charge in [-0.15, -0.1) is 0 Å². The normalized spacial score (nSPS) is 20.7. The first-order chi connectivity index (χ1) is 11.5. The summed E-state index contributed by atoms with van der Waals surface area (Å²) in [6.45, 7) is 2.36. The molecule has 0 bridgehead atoms. The highest BCUT2D eigenvalue weighted by Gasteiger charge is 2.30. The van der Waals surface area contributed by atoms with E-state index in [2.05, 4.69) is 0 Å². The zero-order valence-electron chi connectivity index (χ0n) is 13.0. The van der Waals surface area contributed by atoms with E-state index in [1.807, 2.05) is 6.92 Å². The number of morpholine rings is 1. The number of hydrogen-bond acceptors (Lipinski definition) is 3. The quantitative estimate of drug-likeness (QED) is 0.836. The van der Waals surface area contributed by atoms with Gasteiger partial charge in [-0.2, -0.15) is 5.26 Å². The molecule has 3 rings (SSSR count). The van der Waals surface area contributed by atoms with E-state index >= 15 is 0 Å². The van der Waals surface area contributed by atoms with Gasteiger partial charge in [-0.3, -0.25) is 0 Å². The lowest BCUT2D eigenvalue weighted by atomic mass is 10.1. The molecule has 124 valence electrons. The fourth-order valence-electron chi connectivity index (χ4n) is 2.93. The average Bonchev–Trinajstić information content (AvgIpc) is 2.54. The minimum Gasteiger partial charge on any atom is -0.367 e. The molecule has 0 spiro atoms. The largest absolute Gasteiger partial charge is 0.367 e. The summed E-state index contributed by atoms with van der Waals surface area (Å²) < 4.78 is 47.4. The minimum absolute atomic E-state index is 0.0647. The summed E-state index contributed by atoms with van der Waals surface area (Å²) in [5.74, 6) is -1.92. The Kier molecular flexibility index (Phi) is 4.45. The van der Waals surface area contributed by atoms with E-state index in [4.69, 9.17) is 10.00 Å². The van der Waals surface area contributed by atoms with Crippen LogP contribution in [0.1, 0.15) is 24.2 Å². The maximum atomic E-state index is 14.3. The third-order valence-corrected chi connectivity index (χ3v) is 3.96. The van der Waals surface area contributed by atoms with Crippen LogP contribution in [0.3, 0.4) is 0 Å². The van der Waals surface area contributed by atoms with Crippen molar-refractivity contribution in [3.05, 3.63) is 65.0 Å². The first-order valence-corrected chi connectivity index (χ1v) is 7.53. The van der Waals surface area contributed by atoms with Crippen molar-refractivity contribution < 1.29 is 17.9 Å². The van der Waals surface area contributed by atoms with E-state index in [1.54, 1.807) is 23.1 Å². The van der Waals surface area contributed by atoms with Gasteiger partial charge in [0.1, 0.15) is 17.6 Å². The Hall–Kier alpha value is -2.52. The van der Waals surface area contributed by atoms with Crippen LogP contribution < -0.4 is 4.90 Å². The van der Waals surface area contributed by atoms with Gasteiger partial charge >= 0.3 is 0 Å². The number of rotatable bonds is 2. The number of benzene rings is 2. The summed E-state index contributed by atoms with van der Waals surface area (Å²) in [4.78, 5) is 1.56. The van der Waals surface area contributed by atoms with Gasteiger partial charge in [-0.05, 0) is 36.8 Å². The molecule has 3 nitrogen and oxygen atoms in total. The lowest BCUT2D eigenvalue weighted by Crippen LogP contribution is -2.43. The second-order valence-corrected chi connectivity index (χ2v) is 5.79. The van der Waals surface area contributed by atoms with E-state index in [9.17, 15) is 13.2 Å². The number of halogens is 3. The molecule has 0 aromatic heterocycles. The van der Waals surface area contributed by atoms with Gasteiger partial charge in [0.2, 0.25) is 0 Å². The molecule has 0 N–H and O–H groups in total. The summed E-state index contributed by atoms with van der Waals surface area (Å²) in [6.07, 6.45) is -0.688. The molecule has 1 aliphatic rings. The maximum Gasteiger partial charge on any atom is 0.150 e. The Labute approximate surface area is 137 Å². The summed E-state index contributed by atoms with van der Waals surface area (Å²) in [6, 6.07) is 9.61. The molecule has 1 aliphatic heterocycles. The van der Waals surface area contributed by atoms with Crippen LogP contribution in [0.2, 0.25) is 0 Å². The molecule has 2 unspecified atom stereocenters. The number of ether oxygens (including phenoxy) is 1. The Balaban J connectivity index is 1.92. The van der Waals surface area contributed by atoms with Crippen molar-refractivity contribution in [3.63, 3.8) is 0 Å². The van der Waals surface area contributed by atoms with Crippen molar-refractivity contribution in [2.24, 2.45) is 0 Å². The number of nitriles is 1. The Morgan fingerprint density at radius 2 is 1.71 bits per heavy atom. The van der Waals surface area contributed by atoms with E-state index in [0.717, 1.165) is 17.7 Å². The van der Waals surface area contributed by atoms with Gasteiger partial charge in [0.15, 0.2) is 11.6 Å². The predicted octanol–water partition coefficient (Wildman–Crippen LogP) is 3.94. The van der Waals surface area contributed by atoms with Crippen LogP contribution in [0.25, 0.3) is 0 Å². The Morgan fingerprint density at radius 1 is 1.08 bits per heavy atom. The first kappa shape index (κ1) is 16.3. The number of nitrogens with zero attached hydrogens (tertiary/aromatic N) is 2. The van der Waals surface area contributed by atoms with Crippen LogP contribution in [0.5, 0.6) is 0 Å². The first-order valence-electron chi connectivity index (χ1n) is 7.53. The van der Waals surface area contributed by atoms with E-state index in [1.165, 1.54) is 12.1 Å². The third-order valence-electron chi connectivity index (χ3n) is 3.96. The summed E-state index contributed by atoms with van der Waals surface area (Å²) in [5.41, 5.74) is 0.504. The highest BCUT2D eigenvalue weighted by Crippen LogP contribution is 2.32. The zero-order chi connectivity index (χ0) is 17.3. The lowest BCUT2D eigenvalue weighted by Gasteiger charge is -2.38. The van der Waals surface area contributed by atoms with Crippen LogP contribution >= 0.6 is 0 Å². The van der Waals surface area contributed by atoms with Gasteiger partial charge < -0.3 is 9.64 Å². The second kappa shape index (κ2) is 6.54. The highest BCUT2D eigenvalue weighted by molar-refractivity contribution is 5.53. The molecule has 0 radical (unpaired) electrons. The molecule has 2 atom stereocenters. The number of anilines is 1. The average molecular weight is 332 g/mol. The third kappa shape index (κ3) is 3.22. The topological polar surface area (TPSA) is 36.3 Å². The number of hydrogen-bond donors (Lipinski definition) is 0. The van der Waals surface area contributed by atoms with Crippen molar-refractivity contribution >= 4 is 5.69 Å². The van der Waals surface area contributed by atoms with Gasteiger partial charge in [0, 0.05) is 13.1 Å². The van der Waals surface area contributed by atoms with Crippen molar-refractivity contribution in [2.75, 3.05) is 18.0 Å². The molecule has 24 heavy (non-hydrogen) atoms. The van der Waals surface area contributed by atoms with Gasteiger partial charge in [-0.1, -0.05) is 12.1 Å². The van der Waals surface area contributed by atoms with Crippen molar-refractivity contribution in [1.29, 1.82) is 5.26 Å².